The Labute approximate surface area is 196 Å². The van der Waals surface area contributed by atoms with E-state index in [1.165, 1.54) is 10.6 Å². The van der Waals surface area contributed by atoms with Crippen LogP contribution in [0.5, 0.6) is 11.6 Å². The second-order valence-corrected chi connectivity index (χ2v) is 10.1. The molecule has 0 bridgehead atoms. The van der Waals surface area contributed by atoms with Crippen molar-refractivity contribution < 1.29 is 17.9 Å². The van der Waals surface area contributed by atoms with Gasteiger partial charge in [0.1, 0.15) is 28.6 Å². The molecule has 34 heavy (non-hydrogen) atoms. The van der Waals surface area contributed by atoms with E-state index in [-0.39, 0.29) is 34.9 Å². The molecular formula is C24H22N4O5S. The highest BCUT2D eigenvalue weighted by atomic mass is 32.2. The quantitative estimate of drug-likeness (QED) is 0.425. The van der Waals surface area contributed by atoms with Gasteiger partial charge in [-0.2, -0.15) is 10.2 Å². The van der Waals surface area contributed by atoms with Crippen molar-refractivity contribution in [1.29, 1.82) is 5.26 Å². The lowest BCUT2D eigenvalue weighted by atomic mass is 10.1. The fourth-order valence-electron chi connectivity index (χ4n) is 3.65. The maximum absolute atomic E-state index is 13.2. The number of hydrogen-bond acceptors (Lipinski definition) is 7. The van der Waals surface area contributed by atoms with Gasteiger partial charge in [0, 0.05) is 12.2 Å². The summed E-state index contributed by atoms with van der Waals surface area (Å²) in [5.41, 5.74) is 0.495. The largest absolute Gasteiger partial charge is 0.438 e. The van der Waals surface area contributed by atoms with Gasteiger partial charge in [0.05, 0.1) is 11.5 Å². The molecule has 0 radical (unpaired) electrons. The molecule has 10 heteroatoms. The summed E-state index contributed by atoms with van der Waals surface area (Å²) in [6.45, 7) is 2.03. The summed E-state index contributed by atoms with van der Waals surface area (Å²) in [5, 5.41) is 12.2. The van der Waals surface area contributed by atoms with E-state index in [0.29, 0.717) is 11.4 Å². The molecule has 0 aliphatic carbocycles. The van der Waals surface area contributed by atoms with Crippen LogP contribution in [0.3, 0.4) is 0 Å². The molecule has 1 aliphatic rings. The SMILES string of the molecule is CCc1ccc(Oc2nc3ccccn3c(=O)c2/C=C(\C#N)C(=O)N[C@H]2CCS(=O)(=O)C2)cc1. The van der Waals surface area contributed by atoms with Gasteiger partial charge in [0.2, 0.25) is 5.88 Å². The number of nitriles is 1. The summed E-state index contributed by atoms with van der Waals surface area (Å²) in [6.07, 6.45) is 3.78. The number of nitrogens with zero attached hydrogens (tertiary/aromatic N) is 3. The highest BCUT2D eigenvalue weighted by Gasteiger charge is 2.29. The number of aryl methyl sites for hydroxylation is 1. The second kappa shape index (κ2) is 9.49. The highest BCUT2D eigenvalue weighted by molar-refractivity contribution is 7.91. The molecule has 1 aliphatic heterocycles. The Bertz CT molecular complexity index is 1480. The maximum Gasteiger partial charge on any atom is 0.269 e. The predicted molar refractivity (Wildman–Crippen MR) is 126 cm³/mol. The number of pyridine rings is 1. The molecule has 9 nitrogen and oxygen atoms in total. The van der Waals surface area contributed by atoms with Gasteiger partial charge in [-0.05, 0) is 48.7 Å². The topological polar surface area (TPSA) is 131 Å². The Morgan fingerprint density at radius 3 is 2.71 bits per heavy atom. The van der Waals surface area contributed by atoms with E-state index in [1.807, 2.05) is 19.1 Å². The van der Waals surface area contributed by atoms with Crippen molar-refractivity contribution in [2.45, 2.75) is 25.8 Å². The third kappa shape index (κ3) is 5.00. The van der Waals surface area contributed by atoms with Crippen LogP contribution in [0, 0.1) is 11.3 Å². The van der Waals surface area contributed by atoms with Crippen molar-refractivity contribution in [3.8, 4) is 17.7 Å². The Kier molecular flexibility index (Phi) is 6.47. The first kappa shape index (κ1) is 23.2. The number of hydrogen-bond donors (Lipinski definition) is 1. The number of aromatic nitrogens is 2. The van der Waals surface area contributed by atoms with Crippen LogP contribution in [0.25, 0.3) is 11.7 Å². The molecule has 1 amide bonds. The zero-order chi connectivity index (χ0) is 24.3. The number of nitrogens with one attached hydrogen (secondary N) is 1. The van der Waals surface area contributed by atoms with E-state index in [2.05, 4.69) is 10.3 Å². The smallest absolute Gasteiger partial charge is 0.269 e. The van der Waals surface area contributed by atoms with Crippen LogP contribution in [0.2, 0.25) is 0 Å². The van der Waals surface area contributed by atoms with E-state index >= 15 is 0 Å². The number of ether oxygens (including phenoxy) is 1. The van der Waals surface area contributed by atoms with Gasteiger partial charge in [-0.1, -0.05) is 25.1 Å². The van der Waals surface area contributed by atoms with Gasteiger partial charge in [0.25, 0.3) is 11.5 Å². The van der Waals surface area contributed by atoms with Gasteiger partial charge in [0.15, 0.2) is 9.84 Å². The van der Waals surface area contributed by atoms with Crippen LogP contribution in [-0.2, 0) is 21.1 Å². The number of rotatable bonds is 6. The summed E-state index contributed by atoms with van der Waals surface area (Å²) in [7, 11) is -3.21. The Hall–Kier alpha value is -3.97. The first-order valence-corrected chi connectivity index (χ1v) is 12.5. The van der Waals surface area contributed by atoms with E-state index in [1.54, 1.807) is 36.4 Å². The van der Waals surface area contributed by atoms with Crippen molar-refractivity contribution >= 4 is 27.5 Å². The summed E-state index contributed by atoms with van der Waals surface area (Å²) in [6, 6.07) is 13.5. The number of carbonyl (C=O) groups excluding carboxylic acids is 1. The second-order valence-electron chi connectivity index (χ2n) is 7.91. The van der Waals surface area contributed by atoms with Gasteiger partial charge < -0.3 is 10.1 Å². The molecule has 2 aromatic heterocycles. The molecule has 1 atom stereocenters. The minimum absolute atomic E-state index is 0.0195. The van der Waals surface area contributed by atoms with Crippen molar-refractivity contribution in [1.82, 2.24) is 14.7 Å². The third-order valence-corrected chi connectivity index (χ3v) is 7.27. The average molecular weight is 479 g/mol. The molecule has 4 rings (SSSR count). The van der Waals surface area contributed by atoms with Crippen molar-refractivity contribution in [2.75, 3.05) is 11.5 Å². The van der Waals surface area contributed by atoms with Gasteiger partial charge in [-0.25, -0.2) is 8.42 Å². The lowest BCUT2D eigenvalue weighted by molar-refractivity contribution is -0.117. The lowest BCUT2D eigenvalue weighted by Crippen LogP contribution is -2.36. The summed E-state index contributed by atoms with van der Waals surface area (Å²) >= 11 is 0. The van der Waals surface area contributed by atoms with Gasteiger partial charge in [-0.15, -0.1) is 0 Å². The van der Waals surface area contributed by atoms with Crippen LogP contribution in [-0.4, -0.2) is 41.3 Å². The molecule has 3 aromatic rings. The molecule has 3 heterocycles. The van der Waals surface area contributed by atoms with Gasteiger partial charge >= 0.3 is 0 Å². The zero-order valence-electron chi connectivity index (χ0n) is 18.4. The molecule has 0 saturated carbocycles. The fraction of sp³-hybridized carbons (Fsp3) is 0.250. The molecule has 0 unspecified atom stereocenters. The van der Waals surface area contributed by atoms with Crippen LogP contribution < -0.4 is 15.6 Å². The average Bonchev–Trinajstić information content (AvgIpc) is 3.17. The summed E-state index contributed by atoms with van der Waals surface area (Å²) < 4.78 is 30.5. The van der Waals surface area contributed by atoms with Crippen molar-refractivity contribution in [3.05, 3.63) is 75.7 Å². The number of benzene rings is 1. The molecule has 1 fully saturated rings. The van der Waals surface area contributed by atoms with E-state index < -0.39 is 27.3 Å². The molecule has 1 N–H and O–H groups in total. The fourth-order valence-corrected chi connectivity index (χ4v) is 5.33. The van der Waals surface area contributed by atoms with E-state index in [4.69, 9.17) is 4.74 Å². The highest BCUT2D eigenvalue weighted by Crippen LogP contribution is 2.24. The Balaban J connectivity index is 1.74. The van der Waals surface area contributed by atoms with Crippen LogP contribution in [0.4, 0.5) is 0 Å². The number of amides is 1. The van der Waals surface area contributed by atoms with Gasteiger partial charge in [-0.3, -0.25) is 14.0 Å². The minimum atomic E-state index is -3.21. The van der Waals surface area contributed by atoms with Crippen LogP contribution in [0.1, 0.15) is 24.5 Å². The first-order chi connectivity index (χ1) is 16.3. The molecular weight excluding hydrogens is 456 g/mol. The number of carbonyl (C=O) groups is 1. The zero-order valence-corrected chi connectivity index (χ0v) is 19.2. The van der Waals surface area contributed by atoms with Crippen LogP contribution >= 0.6 is 0 Å². The first-order valence-electron chi connectivity index (χ1n) is 10.7. The molecule has 1 aromatic carbocycles. The third-order valence-electron chi connectivity index (χ3n) is 5.50. The molecule has 174 valence electrons. The Morgan fingerprint density at radius 2 is 2.06 bits per heavy atom. The monoisotopic (exact) mass is 478 g/mol. The van der Waals surface area contributed by atoms with Crippen molar-refractivity contribution in [2.24, 2.45) is 0 Å². The lowest BCUT2D eigenvalue weighted by Gasteiger charge is -2.12. The number of fused-ring (bicyclic) bond motifs is 1. The van der Waals surface area contributed by atoms with Crippen LogP contribution in [0.15, 0.2) is 59.0 Å². The normalized spacial score (nSPS) is 17.3. The maximum atomic E-state index is 13.2. The molecule has 0 spiro atoms. The summed E-state index contributed by atoms with van der Waals surface area (Å²) in [5.74, 6) is -0.573. The van der Waals surface area contributed by atoms with E-state index in [0.717, 1.165) is 18.1 Å². The van der Waals surface area contributed by atoms with Crippen molar-refractivity contribution in [3.63, 3.8) is 0 Å². The molecule has 1 saturated heterocycles. The Morgan fingerprint density at radius 1 is 1.29 bits per heavy atom. The summed E-state index contributed by atoms with van der Waals surface area (Å²) in [4.78, 5) is 30.3. The predicted octanol–water partition coefficient (Wildman–Crippen LogP) is 2.26. The number of sulfone groups is 1. The van der Waals surface area contributed by atoms with E-state index in [9.17, 15) is 23.3 Å². The standard InChI is InChI=1S/C24H22N4O5S/c1-2-16-6-8-19(9-7-16)33-23-20(24(30)28-11-4-3-5-21(28)27-23)13-17(14-25)22(29)26-18-10-12-34(31,32)15-18/h3-9,11,13,18H,2,10,12,15H2,1H3,(H,26,29)/b17-13+/t18-/m0/s1. The minimum Gasteiger partial charge on any atom is -0.438 e.